The fraction of sp³-hybridized carbons (Fsp3) is 0.692. The van der Waals surface area contributed by atoms with Crippen molar-refractivity contribution in [2.75, 3.05) is 0 Å². The molecule has 1 aromatic heterocycles. The van der Waals surface area contributed by atoms with Gasteiger partial charge in [-0.15, -0.1) is 0 Å². The average Bonchev–Trinajstić information content (AvgIpc) is 2.15. The van der Waals surface area contributed by atoms with Gasteiger partial charge in [0.1, 0.15) is 11.0 Å². The fourth-order valence-corrected chi connectivity index (χ4v) is 2.64. The lowest BCUT2D eigenvalue weighted by Gasteiger charge is -2.33. The van der Waals surface area contributed by atoms with Gasteiger partial charge in [0.15, 0.2) is 0 Å². The van der Waals surface area contributed by atoms with Crippen LogP contribution in [0.25, 0.3) is 0 Å². The van der Waals surface area contributed by atoms with E-state index < -0.39 is 0 Å². The molecule has 0 atom stereocenters. The van der Waals surface area contributed by atoms with Gasteiger partial charge in [-0.05, 0) is 44.1 Å². The van der Waals surface area contributed by atoms with Crippen molar-refractivity contribution in [2.24, 2.45) is 5.41 Å². The highest BCUT2D eigenvalue weighted by Gasteiger charge is 2.29. The van der Waals surface area contributed by atoms with Crippen LogP contribution in [0, 0.1) is 12.3 Å². The summed E-state index contributed by atoms with van der Waals surface area (Å²) in [5, 5.41) is 0.576. The molecule has 2 nitrogen and oxygen atoms in total. The number of halogens is 1. The van der Waals surface area contributed by atoms with Crippen molar-refractivity contribution < 1.29 is 0 Å². The second kappa shape index (κ2) is 4.33. The summed E-state index contributed by atoms with van der Waals surface area (Å²) in [6.07, 6.45) is 4.89. The van der Waals surface area contributed by atoms with E-state index in [-0.39, 0.29) is 0 Å². The van der Waals surface area contributed by atoms with Crippen molar-refractivity contribution in [1.29, 1.82) is 0 Å². The summed E-state index contributed by atoms with van der Waals surface area (Å²) in [5.41, 5.74) is 1.46. The first-order valence-corrected chi connectivity index (χ1v) is 6.35. The van der Waals surface area contributed by atoms with Gasteiger partial charge in [-0.3, -0.25) is 0 Å². The van der Waals surface area contributed by atoms with Crippen LogP contribution in [-0.4, -0.2) is 9.97 Å². The Hall–Kier alpha value is -0.630. The minimum absolute atomic E-state index is 0.490. The molecule has 0 N–H and O–H groups in total. The molecule has 0 radical (unpaired) electrons. The van der Waals surface area contributed by atoms with Crippen molar-refractivity contribution in [3.63, 3.8) is 0 Å². The highest BCUT2D eigenvalue weighted by molar-refractivity contribution is 6.29. The van der Waals surface area contributed by atoms with Gasteiger partial charge in [-0.1, -0.05) is 25.4 Å². The molecule has 1 aliphatic carbocycles. The van der Waals surface area contributed by atoms with Crippen molar-refractivity contribution in [3.05, 3.63) is 22.7 Å². The van der Waals surface area contributed by atoms with Gasteiger partial charge in [-0.25, -0.2) is 9.97 Å². The second-order valence-corrected chi connectivity index (χ2v) is 6.02. The lowest BCUT2D eigenvalue weighted by atomic mass is 9.73. The topological polar surface area (TPSA) is 25.8 Å². The van der Waals surface area contributed by atoms with Crippen molar-refractivity contribution in [3.8, 4) is 0 Å². The fourth-order valence-electron chi connectivity index (χ4n) is 2.39. The van der Waals surface area contributed by atoms with Gasteiger partial charge in [0.25, 0.3) is 0 Å². The minimum atomic E-state index is 0.490. The van der Waals surface area contributed by atoms with Gasteiger partial charge in [0.2, 0.25) is 0 Å². The van der Waals surface area contributed by atoms with E-state index in [1.54, 1.807) is 0 Å². The molecule has 0 aromatic carbocycles. The van der Waals surface area contributed by atoms with Gasteiger partial charge < -0.3 is 0 Å². The highest BCUT2D eigenvalue weighted by Crippen LogP contribution is 2.41. The molecule has 88 valence electrons. The zero-order valence-corrected chi connectivity index (χ0v) is 11.0. The first kappa shape index (κ1) is 11.8. The largest absolute Gasteiger partial charge is 0.238 e. The first-order chi connectivity index (χ1) is 7.46. The Labute approximate surface area is 102 Å². The maximum absolute atomic E-state index is 5.97. The molecular formula is C13H19ClN2. The Morgan fingerprint density at radius 1 is 1.25 bits per heavy atom. The number of aromatic nitrogens is 2. The van der Waals surface area contributed by atoms with E-state index in [0.29, 0.717) is 16.5 Å². The average molecular weight is 239 g/mol. The van der Waals surface area contributed by atoms with Crippen LogP contribution >= 0.6 is 11.6 Å². The van der Waals surface area contributed by atoms with E-state index in [9.17, 15) is 0 Å². The molecule has 1 aliphatic rings. The zero-order valence-electron chi connectivity index (χ0n) is 10.3. The molecule has 16 heavy (non-hydrogen) atoms. The molecule has 1 heterocycles. The van der Waals surface area contributed by atoms with Crippen LogP contribution in [0.1, 0.15) is 57.0 Å². The molecule has 1 fully saturated rings. The SMILES string of the molecule is Cc1cc(Cl)nc(C2CCC(C)(C)CC2)n1. The Kier molecular flexibility index (Phi) is 3.20. The van der Waals surface area contributed by atoms with E-state index in [2.05, 4.69) is 23.8 Å². The minimum Gasteiger partial charge on any atom is -0.238 e. The van der Waals surface area contributed by atoms with Gasteiger partial charge in [0, 0.05) is 11.6 Å². The van der Waals surface area contributed by atoms with Gasteiger partial charge in [-0.2, -0.15) is 0 Å². The molecule has 0 spiro atoms. The van der Waals surface area contributed by atoms with Crippen LogP contribution in [0.4, 0.5) is 0 Å². The summed E-state index contributed by atoms with van der Waals surface area (Å²) in [4.78, 5) is 8.87. The number of hydrogen-bond donors (Lipinski definition) is 0. The monoisotopic (exact) mass is 238 g/mol. The summed E-state index contributed by atoms with van der Waals surface area (Å²) in [5.74, 6) is 1.45. The molecule has 0 aliphatic heterocycles. The third-order valence-corrected chi connectivity index (χ3v) is 3.74. The Balaban J connectivity index is 2.14. The summed E-state index contributed by atoms with van der Waals surface area (Å²) in [7, 11) is 0. The maximum Gasteiger partial charge on any atom is 0.133 e. The van der Waals surface area contributed by atoms with Crippen LogP contribution in [0.3, 0.4) is 0 Å². The summed E-state index contributed by atoms with van der Waals surface area (Å²) in [6.45, 7) is 6.66. The van der Waals surface area contributed by atoms with E-state index >= 15 is 0 Å². The van der Waals surface area contributed by atoms with Crippen LogP contribution in [0.2, 0.25) is 5.15 Å². The molecule has 1 saturated carbocycles. The smallest absolute Gasteiger partial charge is 0.133 e. The van der Waals surface area contributed by atoms with Crippen LogP contribution in [0.15, 0.2) is 6.07 Å². The summed E-state index contributed by atoms with van der Waals surface area (Å²) < 4.78 is 0. The Morgan fingerprint density at radius 2 is 1.88 bits per heavy atom. The van der Waals surface area contributed by atoms with Crippen molar-refractivity contribution in [2.45, 2.75) is 52.4 Å². The lowest BCUT2D eigenvalue weighted by molar-refractivity contribution is 0.220. The molecule has 1 aromatic rings. The molecule has 2 rings (SSSR count). The van der Waals surface area contributed by atoms with E-state index in [4.69, 9.17) is 11.6 Å². The van der Waals surface area contributed by atoms with Crippen LogP contribution < -0.4 is 0 Å². The molecule has 0 amide bonds. The normalized spacial score (nSPS) is 21.0. The summed E-state index contributed by atoms with van der Waals surface area (Å²) in [6, 6.07) is 1.82. The van der Waals surface area contributed by atoms with E-state index in [0.717, 1.165) is 11.5 Å². The Bertz CT molecular complexity index is 357. The third-order valence-electron chi connectivity index (χ3n) is 3.54. The quantitative estimate of drug-likeness (QED) is 0.688. The standard InChI is InChI=1S/C13H19ClN2/c1-9-8-11(14)16-12(15-9)10-4-6-13(2,3)7-5-10/h8,10H,4-7H2,1-3H3. The Morgan fingerprint density at radius 3 is 2.44 bits per heavy atom. The van der Waals surface area contributed by atoms with E-state index in [1.807, 2.05) is 13.0 Å². The molecule has 3 heteroatoms. The van der Waals surface area contributed by atoms with Gasteiger partial charge in [0.05, 0.1) is 0 Å². The molecule has 0 bridgehead atoms. The van der Waals surface area contributed by atoms with Crippen molar-refractivity contribution >= 4 is 11.6 Å². The maximum atomic E-state index is 5.97. The number of aryl methyl sites for hydroxylation is 1. The van der Waals surface area contributed by atoms with Gasteiger partial charge >= 0.3 is 0 Å². The highest BCUT2D eigenvalue weighted by atomic mass is 35.5. The third kappa shape index (κ3) is 2.73. The molecule has 0 unspecified atom stereocenters. The number of hydrogen-bond acceptors (Lipinski definition) is 2. The first-order valence-electron chi connectivity index (χ1n) is 5.97. The second-order valence-electron chi connectivity index (χ2n) is 5.63. The van der Waals surface area contributed by atoms with E-state index in [1.165, 1.54) is 25.7 Å². The number of nitrogens with zero attached hydrogens (tertiary/aromatic N) is 2. The van der Waals surface area contributed by atoms with Crippen LogP contribution in [-0.2, 0) is 0 Å². The lowest BCUT2D eigenvalue weighted by Crippen LogP contribution is -2.21. The number of rotatable bonds is 1. The van der Waals surface area contributed by atoms with Crippen LogP contribution in [0.5, 0.6) is 0 Å². The summed E-state index contributed by atoms with van der Waals surface area (Å²) >= 11 is 5.97. The predicted molar refractivity (Wildman–Crippen MR) is 66.8 cm³/mol. The predicted octanol–water partition coefficient (Wildman–Crippen LogP) is 4.12. The molecule has 0 saturated heterocycles. The van der Waals surface area contributed by atoms with Crippen molar-refractivity contribution in [1.82, 2.24) is 9.97 Å². The zero-order chi connectivity index (χ0) is 11.8. The molecular weight excluding hydrogens is 220 g/mol.